The number of nitrogens with zero attached hydrogens (tertiary/aromatic N) is 1. The minimum Gasteiger partial charge on any atom is -0.484 e. The molecule has 1 fully saturated rings. The summed E-state index contributed by atoms with van der Waals surface area (Å²) < 4.78 is 5.55. The summed E-state index contributed by atoms with van der Waals surface area (Å²) in [5.41, 5.74) is 1.46. The Labute approximate surface area is 162 Å². The molecule has 2 aromatic carbocycles. The van der Waals surface area contributed by atoms with Crippen LogP contribution in [0.15, 0.2) is 54.6 Å². The van der Waals surface area contributed by atoms with Crippen LogP contribution < -0.4 is 15.0 Å². The van der Waals surface area contributed by atoms with Crippen LogP contribution in [0.5, 0.6) is 5.75 Å². The fraction of sp³-hybridized carbons (Fsp3) is 0.286. The summed E-state index contributed by atoms with van der Waals surface area (Å²) >= 11 is 0. The first kappa shape index (κ1) is 19.4. The molecule has 1 aliphatic heterocycles. The van der Waals surface area contributed by atoms with Gasteiger partial charge in [0.05, 0.1) is 12.5 Å². The van der Waals surface area contributed by atoms with E-state index in [1.54, 1.807) is 47.4 Å². The molecule has 0 radical (unpaired) electrons. The number of aliphatic carboxylic acids is 1. The third-order valence-electron chi connectivity index (χ3n) is 4.49. The van der Waals surface area contributed by atoms with Crippen LogP contribution in [0.1, 0.15) is 30.9 Å². The molecule has 0 spiro atoms. The van der Waals surface area contributed by atoms with E-state index in [1.165, 1.54) is 0 Å². The molecule has 146 valence electrons. The zero-order chi connectivity index (χ0) is 19.9. The molecule has 0 saturated carbocycles. The minimum atomic E-state index is -1.00. The van der Waals surface area contributed by atoms with Gasteiger partial charge in [0.15, 0.2) is 6.61 Å². The highest BCUT2D eigenvalue weighted by atomic mass is 16.5. The van der Waals surface area contributed by atoms with Gasteiger partial charge in [0.25, 0.3) is 5.91 Å². The lowest BCUT2D eigenvalue weighted by Gasteiger charge is -2.18. The molecule has 2 N–H and O–H groups in total. The van der Waals surface area contributed by atoms with E-state index in [0.29, 0.717) is 24.3 Å². The summed E-state index contributed by atoms with van der Waals surface area (Å²) in [6.07, 6.45) is 1.15. The molecule has 1 aliphatic rings. The Morgan fingerprint density at radius 1 is 1.14 bits per heavy atom. The van der Waals surface area contributed by atoms with Crippen molar-refractivity contribution >= 4 is 23.5 Å². The van der Waals surface area contributed by atoms with E-state index < -0.39 is 17.9 Å². The number of hydrogen-bond acceptors (Lipinski definition) is 4. The van der Waals surface area contributed by atoms with Crippen molar-refractivity contribution in [2.45, 2.75) is 25.3 Å². The maximum Gasteiger partial charge on any atom is 0.305 e. The Morgan fingerprint density at radius 3 is 2.61 bits per heavy atom. The van der Waals surface area contributed by atoms with Gasteiger partial charge in [0, 0.05) is 24.7 Å². The van der Waals surface area contributed by atoms with Crippen LogP contribution in [-0.2, 0) is 14.4 Å². The standard InChI is InChI=1S/C21H22N2O5/c24-19(22-18(13-21(26)27)15-6-2-1-3-7-15)14-28-17-9-4-8-16(12-17)23-11-5-10-20(23)25/h1-4,6-9,12,18H,5,10-11,13-14H2,(H,22,24)(H,26,27). The molecule has 28 heavy (non-hydrogen) atoms. The average Bonchev–Trinajstić information content (AvgIpc) is 3.12. The predicted octanol–water partition coefficient (Wildman–Crippen LogP) is 2.52. The van der Waals surface area contributed by atoms with Crippen molar-refractivity contribution in [3.63, 3.8) is 0 Å². The number of rotatable bonds is 8. The van der Waals surface area contributed by atoms with Gasteiger partial charge >= 0.3 is 5.97 Å². The highest BCUT2D eigenvalue weighted by Gasteiger charge is 2.22. The second-order valence-electron chi connectivity index (χ2n) is 6.56. The highest BCUT2D eigenvalue weighted by Crippen LogP contribution is 2.25. The van der Waals surface area contributed by atoms with E-state index >= 15 is 0 Å². The smallest absolute Gasteiger partial charge is 0.305 e. The second kappa shape index (κ2) is 9.03. The van der Waals surface area contributed by atoms with Gasteiger partial charge in [-0.15, -0.1) is 0 Å². The van der Waals surface area contributed by atoms with Gasteiger partial charge in [0.2, 0.25) is 5.91 Å². The number of carboxylic acids is 1. The minimum absolute atomic E-state index is 0.0780. The van der Waals surface area contributed by atoms with Crippen molar-refractivity contribution in [3.8, 4) is 5.75 Å². The van der Waals surface area contributed by atoms with Gasteiger partial charge in [-0.25, -0.2) is 0 Å². The number of carboxylic acid groups (broad SMARTS) is 1. The van der Waals surface area contributed by atoms with Crippen LogP contribution in [0, 0.1) is 0 Å². The fourth-order valence-corrected chi connectivity index (χ4v) is 3.16. The van der Waals surface area contributed by atoms with Crippen molar-refractivity contribution in [1.29, 1.82) is 0 Å². The molecule has 1 atom stereocenters. The van der Waals surface area contributed by atoms with Crippen LogP contribution in [0.2, 0.25) is 0 Å². The van der Waals surface area contributed by atoms with Gasteiger partial charge in [-0.05, 0) is 24.1 Å². The Kier molecular flexibility index (Phi) is 6.26. The van der Waals surface area contributed by atoms with Crippen LogP contribution >= 0.6 is 0 Å². The summed E-state index contributed by atoms with van der Waals surface area (Å²) in [4.78, 5) is 37.0. The van der Waals surface area contributed by atoms with E-state index in [0.717, 1.165) is 12.1 Å². The Balaban J connectivity index is 1.60. The van der Waals surface area contributed by atoms with Crippen molar-refractivity contribution in [2.75, 3.05) is 18.1 Å². The van der Waals surface area contributed by atoms with E-state index in [2.05, 4.69) is 5.32 Å². The molecule has 7 nitrogen and oxygen atoms in total. The summed E-state index contributed by atoms with van der Waals surface area (Å²) in [5.74, 6) is -0.869. The highest BCUT2D eigenvalue weighted by molar-refractivity contribution is 5.95. The lowest BCUT2D eigenvalue weighted by molar-refractivity contribution is -0.137. The molecular formula is C21H22N2O5. The number of benzene rings is 2. The summed E-state index contributed by atoms with van der Waals surface area (Å²) in [6, 6.07) is 15.3. The summed E-state index contributed by atoms with van der Waals surface area (Å²) in [6.45, 7) is 0.428. The van der Waals surface area contributed by atoms with Crippen LogP contribution in [0.4, 0.5) is 5.69 Å². The monoisotopic (exact) mass is 382 g/mol. The molecule has 2 aromatic rings. The van der Waals surface area contributed by atoms with Gasteiger partial charge in [-0.3, -0.25) is 14.4 Å². The molecule has 1 saturated heterocycles. The zero-order valence-electron chi connectivity index (χ0n) is 15.3. The zero-order valence-corrected chi connectivity index (χ0v) is 15.3. The normalized spacial score (nSPS) is 14.6. The molecule has 1 unspecified atom stereocenters. The topological polar surface area (TPSA) is 95.9 Å². The number of ether oxygens (including phenoxy) is 1. The van der Waals surface area contributed by atoms with Crippen molar-refractivity contribution in [2.24, 2.45) is 0 Å². The second-order valence-corrected chi connectivity index (χ2v) is 6.56. The Morgan fingerprint density at radius 2 is 1.93 bits per heavy atom. The number of anilines is 1. The maximum absolute atomic E-state index is 12.3. The van der Waals surface area contributed by atoms with Gasteiger partial charge in [0.1, 0.15) is 5.75 Å². The molecule has 3 rings (SSSR count). The quantitative estimate of drug-likeness (QED) is 0.731. The summed E-state index contributed by atoms with van der Waals surface area (Å²) in [7, 11) is 0. The van der Waals surface area contributed by atoms with E-state index in [-0.39, 0.29) is 18.9 Å². The molecule has 1 heterocycles. The molecule has 0 bridgehead atoms. The lowest BCUT2D eigenvalue weighted by Crippen LogP contribution is -2.33. The number of carbonyl (C=O) groups is 3. The molecular weight excluding hydrogens is 360 g/mol. The Bertz CT molecular complexity index is 853. The third-order valence-corrected chi connectivity index (χ3v) is 4.49. The predicted molar refractivity (Wildman–Crippen MR) is 103 cm³/mol. The van der Waals surface area contributed by atoms with Crippen molar-refractivity contribution < 1.29 is 24.2 Å². The van der Waals surface area contributed by atoms with E-state index in [4.69, 9.17) is 9.84 Å². The average molecular weight is 382 g/mol. The lowest BCUT2D eigenvalue weighted by atomic mass is 10.0. The Hall–Kier alpha value is -3.35. The summed E-state index contributed by atoms with van der Waals surface area (Å²) in [5, 5.41) is 11.8. The van der Waals surface area contributed by atoms with Crippen LogP contribution in [0.3, 0.4) is 0 Å². The van der Waals surface area contributed by atoms with E-state index in [9.17, 15) is 14.4 Å². The number of hydrogen-bond donors (Lipinski definition) is 2. The fourth-order valence-electron chi connectivity index (χ4n) is 3.16. The molecule has 0 aromatic heterocycles. The van der Waals surface area contributed by atoms with Crippen molar-refractivity contribution in [1.82, 2.24) is 5.32 Å². The van der Waals surface area contributed by atoms with Gasteiger partial charge < -0.3 is 20.1 Å². The van der Waals surface area contributed by atoms with Gasteiger partial charge in [-0.2, -0.15) is 0 Å². The third kappa shape index (κ3) is 5.09. The number of amides is 2. The van der Waals surface area contributed by atoms with Crippen molar-refractivity contribution in [3.05, 3.63) is 60.2 Å². The van der Waals surface area contributed by atoms with Crippen LogP contribution in [0.25, 0.3) is 0 Å². The molecule has 7 heteroatoms. The van der Waals surface area contributed by atoms with E-state index in [1.807, 2.05) is 12.1 Å². The first-order chi connectivity index (χ1) is 13.5. The van der Waals surface area contributed by atoms with Gasteiger partial charge in [-0.1, -0.05) is 36.4 Å². The first-order valence-electron chi connectivity index (χ1n) is 9.12. The number of nitrogens with one attached hydrogen (secondary N) is 1. The van der Waals surface area contributed by atoms with Crippen LogP contribution in [-0.4, -0.2) is 36.0 Å². The largest absolute Gasteiger partial charge is 0.484 e. The first-order valence-corrected chi connectivity index (χ1v) is 9.12. The maximum atomic E-state index is 12.3. The SMILES string of the molecule is O=C(O)CC(NC(=O)COc1cccc(N2CCCC2=O)c1)c1ccccc1. The number of carbonyl (C=O) groups excluding carboxylic acids is 2. The molecule has 0 aliphatic carbocycles. The molecule has 2 amide bonds.